The van der Waals surface area contributed by atoms with Gasteiger partial charge in [-0.05, 0) is 84.7 Å². The summed E-state index contributed by atoms with van der Waals surface area (Å²) < 4.78 is 0. The van der Waals surface area contributed by atoms with E-state index in [9.17, 15) is 0 Å². The molecule has 0 heteroatoms. The van der Waals surface area contributed by atoms with Gasteiger partial charge in [0, 0.05) is 0 Å². The van der Waals surface area contributed by atoms with Gasteiger partial charge in [0.1, 0.15) is 0 Å². The van der Waals surface area contributed by atoms with Crippen molar-refractivity contribution in [3.8, 4) is 0 Å². The Labute approximate surface area is 130 Å². The lowest BCUT2D eigenvalue weighted by atomic mass is 9.47. The fourth-order valence-electron chi connectivity index (χ4n) is 6.20. The predicted octanol–water partition coefficient (Wildman–Crippen LogP) is 5.74. The topological polar surface area (TPSA) is 0 Å². The van der Waals surface area contributed by atoms with Crippen LogP contribution in [0.25, 0.3) is 0 Å². The Kier molecular flexibility index (Phi) is 3.04. The molecule has 114 valence electrons. The van der Waals surface area contributed by atoms with E-state index in [0.29, 0.717) is 10.8 Å². The molecule has 5 rings (SSSR count). The van der Waals surface area contributed by atoms with E-state index < -0.39 is 0 Å². The fraction of sp³-hybridized carbons (Fsp3) is 0.714. The second-order valence-electron chi connectivity index (χ2n) is 9.59. The summed E-state index contributed by atoms with van der Waals surface area (Å²) in [5.74, 6) is 3.12. The third kappa shape index (κ3) is 2.45. The zero-order valence-corrected chi connectivity index (χ0v) is 14.0. The molecule has 4 aliphatic rings. The minimum atomic E-state index is 0.387. The minimum Gasteiger partial charge on any atom is -0.0620 e. The maximum absolute atomic E-state index is 2.48. The molecular weight excluding hydrogens is 252 g/mol. The first-order valence-corrected chi connectivity index (χ1v) is 9.02. The first kappa shape index (κ1) is 13.9. The number of hydrogen-bond acceptors (Lipinski definition) is 0. The van der Waals surface area contributed by atoms with Crippen LogP contribution in [0.5, 0.6) is 0 Å². The van der Waals surface area contributed by atoms with Crippen LogP contribution in [0.15, 0.2) is 24.3 Å². The van der Waals surface area contributed by atoms with Gasteiger partial charge in [-0.1, -0.05) is 45.0 Å². The molecule has 0 atom stereocenters. The lowest BCUT2D eigenvalue weighted by molar-refractivity contribution is -0.00570. The molecule has 1 aromatic rings. The van der Waals surface area contributed by atoms with Gasteiger partial charge in [-0.25, -0.2) is 0 Å². The molecule has 0 unspecified atom stereocenters. The first-order valence-electron chi connectivity index (χ1n) is 9.02. The van der Waals surface area contributed by atoms with E-state index in [1.165, 1.54) is 25.7 Å². The second kappa shape index (κ2) is 4.61. The van der Waals surface area contributed by atoms with Crippen LogP contribution in [0.1, 0.15) is 70.4 Å². The molecule has 4 fully saturated rings. The molecule has 1 aromatic carbocycles. The summed E-state index contributed by atoms with van der Waals surface area (Å²) in [6, 6.07) is 9.44. The zero-order chi connectivity index (χ0) is 14.7. The Hall–Kier alpha value is -0.780. The van der Waals surface area contributed by atoms with Gasteiger partial charge >= 0.3 is 0 Å². The van der Waals surface area contributed by atoms with Gasteiger partial charge < -0.3 is 0 Å². The van der Waals surface area contributed by atoms with Crippen molar-refractivity contribution < 1.29 is 0 Å². The van der Waals surface area contributed by atoms with E-state index in [4.69, 9.17) is 0 Å². The maximum Gasteiger partial charge on any atom is -0.00363 e. The van der Waals surface area contributed by atoms with Gasteiger partial charge in [0.15, 0.2) is 0 Å². The van der Waals surface area contributed by atoms with Gasteiger partial charge in [0.25, 0.3) is 0 Å². The highest BCUT2D eigenvalue weighted by atomic mass is 14.6. The highest BCUT2D eigenvalue weighted by Gasteiger charge is 2.52. The molecule has 0 amide bonds. The van der Waals surface area contributed by atoms with Crippen molar-refractivity contribution in [1.29, 1.82) is 0 Å². The molecule has 0 N–H and O–H groups in total. The van der Waals surface area contributed by atoms with Crippen LogP contribution >= 0.6 is 0 Å². The van der Waals surface area contributed by atoms with E-state index >= 15 is 0 Å². The Morgan fingerprint density at radius 2 is 1.43 bits per heavy atom. The molecule has 0 aromatic heterocycles. The molecule has 4 saturated carbocycles. The molecule has 0 radical (unpaired) electrons. The van der Waals surface area contributed by atoms with Crippen molar-refractivity contribution in [1.82, 2.24) is 0 Å². The summed E-state index contributed by atoms with van der Waals surface area (Å²) in [6.45, 7) is 7.14. The lowest BCUT2D eigenvalue weighted by Gasteiger charge is -2.57. The van der Waals surface area contributed by atoms with Crippen LogP contribution < -0.4 is 0 Å². The summed E-state index contributed by atoms with van der Waals surface area (Å²) >= 11 is 0. The summed E-state index contributed by atoms with van der Waals surface area (Å²) in [5, 5.41) is 0. The van der Waals surface area contributed by atoms with Gasteiger partial charge in [-0.2, -0.15) is 0 Å². The van der Waals surface area contributed by atoms with Gasteiger partial charge in [0.05, 0.1) is 0 Å². The molecule has 21 heavy (non-hydrogen) atoms. The Morgan fingerprint density at radius 1 is 0.905 bits per heavy atom. The zero-order valence-electron chi connectivity index (χ0n) is 14.0. The number of rotatable bonds is 2. The number of benzene rings is 1. The van der Waals surface area contributed by atoms with Crippen molar-refractivity contribution >= 4 is 0 Å². The predicted molar refractivity (Wildman–Crippen MR) is 89.5 cm³/mol. The monoisotopic (exact) mass is 282 g/mol. The molecule has 0 saturated heterocycles. The molecule has 0 heterocycles. The largest absolute Gasteiger partial charge is 0.0620 e. The maximum atomic E-state index is 2.48. The van der Waals surface area contributed by atoms with Crippen LogP contribution in [0.2, 0.25) is 0 Å². The fourth-order valence-corrected chi connectivity index (χ4v) is 6.20. The van der Waals surface area contributed by atoms with Crippen LogP contribution in [-0.4, -0.2) is 0 Å². The van der Waals surface area contributed by atoms with Crippen molar-refractivity contribution in [3.05, 3.63) is 35.4 Å². The first-order chi connectivity index (χ1) is 9.94. The third-order valence-corrected chi connectivity index (χ3v) is 6.35. The molecular formula is C21H30. The van der Waals surface area contributed by atoms with Crippen molar-refractivity contribution in [3.63, 3.8) is 0 Å². The van der Waals surface area contributed by atoms with Crippen molar-refractivity contribution in [2.45, 2.75) is 71.1 Å². The average Bonchev–Trinajstić information content (AvgIpc) is 2.35. The van der Waals surface area contributed by atoms with E-state index in [1.807, 2.05) is 0 Å². The van der Waals surface area contributed by atoms with Crippen LogP contribution in [0.4, 0.5) is 0 Å². The van der Waals surface area contributed by atoms with Crippen LogP contribution in [-0.2, 0) is 11.8 Å². The van der Waals surface area contributed by atoms with Crippen LogP contribution in [0.3, 0.4) is 0 Å². The summed E-state index contributed by atoms with van der Waals surface area (Å²) in [6.07, 6.45) is 10.3. The number of hydrogen-bond donors (Lipinski definition) is 0. The SMILES string of the molecule is CC(C)(C)Cc1ccccc1C12CC3CC(CC(C3)C1)C2. The standard InChI is InChI=1S/C21H30/c1-20(2,3)14-18-6-4-5-7-19(18)21-11-15-8-16(12-21)10-17(9-15)13-21/h4-7,15-17H,8-14H2,1-3H3. The van der Waals surface area contributed by atoms with Gasteiger partial charge in [-0.3, -0.25) is 0 Å². The van der Waals surface area contributed by atoms with Gasteiger partial charge in [0.2, 0.25) is 0 Å². The lowest BCUT2D eigenvalue weighted by Crippen LogP contribution is -2.49. The molecule has 0 aliphatic heterocycles. The normalized spacial score (nSPS) is 38.0. The summed E-state index contributed by atoms with van der Waals surface area (Å²) in [7, 11) is 0. The quantitative estimate of drug-likeness (QED) is 0.648. The smallest absolute Gasteiger partial charge is 0.00363 e. The van der Waals surface area contributed by atoms with E-state index in [-0.39, 0.29) is 0 Å². The van der Waals surface area contributed by atoms with Crippen molar-refractivity contribution in [2.75, 3.05) is 0 Å². The molecule has 0 nitrogen and oxygen atoms in total. The second-order valence-corrected chi connectivity index (χ2v) is 9.59. The summed E-state index contributed by atoms with van der Waals surface area (Å²) in [4.78, 5) is 0. The van der Waals surface area contributed by atoms with Gasteiger partial charge in [-0.15, -0.1) is 0 Å². The van der Waals surface area contributed by atoms with Crippen molar-refractivity contribution in [2.24, 2.45) is 23.2 Å². The minimum absolute atomic E-state index is 0.387. The molecule has 0 spiro atoms. The van der Waals surface area contributed by atoms with E-state index in [2.05, 4.69) is 45.0 Å². The van der Waals surface area contributed by atoms with E-state index in [0.717, 1.165) is 17.8 Å². The highest BCUT2D eigenvalue weighted by molar-refractivity contribution is 5.37. The third-order valence-electron chi connectivity index (χ3n) is 6.35. The summed E-state index contributed by atoms with van der Waals surface area (Å²) in [5.41, 5.74) is 4.32. The molecule has 4 aliphatic carbocycles. The van der Waals surface area contributed by atoms with Crippen LogP contribution in [0, 0.1) is 23.2 Å². The Morgan fingerprint density at radius 3 is 1.95 bits per heavy atom. The molecule has 4 bridgehead atoms. The average molecular weight is 282 g/mol. The Bertz CT molecular complexity index is 496. The van der Waals surface area contributed by atoms with E-state index in [1.54, 1.807) is 30.4 Å². The highest BCUT2D eigenvalue weighted by Crippen LogP contribution is 2.61. The Balaban J connectivity index is 1.73.